The average Bonchev–Trinajstić information content (AvgIpc) is 3.28. The molecule has 12 heteroatoms. The quantitative estimate of drug-likeness (QED) is 0.214. The molecule has 8 rings (SSSR count). The molecule has 3 aromatic rings. The van der Waals surface area contributed by atoms with Crippen molar-refractivity contribution in [1.29, 1.82) is 0 Å². The Balaban J connectivity index is 1.05. The number of pyridine rings is 1. The van der Waals surface area contributed by atoms with E-state index in [-0.39, 0.29) is 34.9 Å². The number of hydrogen-bond donors (Lipinski definition) is 2. The van der Waals surface area contributed by atoms with Gasteiger partial charge in [0.2, 0.25) is 0 Å². The van der Waals surface area contributed by atoms with Crippen LogP contribution in [0.4, 0.5) is 5.69 Å². The Morgan fingerprint density at radius 1 is 1.11 bits per heavy atom. The molecule has 55 heavy (non-hydrogen) atoms. The minimum absolute atomic E-state index is 0.125. The summed E-state index contributed by atoms with van der Waals surface area (Å²) in [7, 11) is -2.97. The van der Waals surface area contributed by atoms with E-state index in [0.717, 1.165) is 49.4 Å². The average molecular weight is 792 g/mol. The molecule has 0 radical (unpaired) electrons. The van der Waals surface area contributed by atoms with E-state index in [2.05, 4.69) is 41.2 Å². The first-order chi connectivity index (χ1) is 26.4. The highest BCUT2D eigenvalue weighted by Crippen LogP contribution is 2.58. The smallest absolute Gasteiger partial charge is 0.329 e. The minimum atomic E-state index is -2.97. The highest BCUT2D eigenvalue weighted by atomic mass is 35.5. The second-order valence-electron chi connectivity index (χ2n) is 17.0. The molecule has 3 heterocycles. The van der Waals surface area contributed by atoms with Crippen LogP contribution < -0.4 is 19.5 Å². The Morgan fingerprint density at radius 2 is 1.91 bits per heavy atom. The standard InChI is InChI=1S/C43H54ClN3O7S/c1-28(27-53-37-9-15-45-36-8-3-5-29(2)40(36)37)21-31-22-30-23-38-39(54-34(10-18-52-38)26-47-16-19-55(50,51)20-17-47)25-35(30)42(31)11-13-43(14-12-42,41(48)49)46-33-7-4-6-32(44)24-33/h4,6-7,9,15,23-25,28-29,31,34,46H,3,5,8,10-14,16-22,26-27H2,1-2H3,(H,48,49)/t28-,29-,31+,34-,42?,43?/m1/s1. The van der Waals surface area contributed by atoms with Gasteiger partial charge in [-0.2, -0.15) is 0 Å². The van der Waals surface area contributed by atoms with Gasteiger partial charge in [-0.25, -0.2) is 13.2 Å². The third-order valence-electron chi connectivity index (χ3n) is 13.2. The number of carboxylic acids is 1. The first-order valence-electron chi connectivity index (χ1n) is 20.2. The maximum Gasteiger partial charge on any atom is 0.329 e. The minimum Gasteiger partial charge on any atom is -0.493 e. The van der Waals surface area contributed by atoms with Crippen molar-refractivity contribution in [2.45, 2.75) is 101 Å². The zero-order valence-electron chi connectivity index (χ0n) is 32.0. The summed E-state index contributed by atoms with van der Waals surface area (Å²) in [6.45, 7) is 7.36. The molecule has 0 bridgehead atoms. The largest absolute Gasteiger partial charge is 0.493 e. The maximum absolute atomic E-state index is 13.1. The highest BCUT2D eigenvalue weighted by molar-refractivity contribution is 7.91. The van der Waals surface area contributed by atoms with Crippen molar-refractivity contribution >= 4 is 33.1 Å². The summed E-state index contributed by atoms with van der Waals surface area (Å²) in [6.07, 6.45) is 9.94. The normalized spacial score (nSPS) is 29.1. The van der Waals surface area contributed by atoms with Crippen molar-refractivity contribution in [2.75, 3.05) is 49.7 Å². The Bertz CT molecular complexity index is 2000. The lowest BCUT2D eigenvalue weighted by Crippen LogP contribution is -2.53. The Morgan fingerprint density at radius 3 is 2.67 bits per heavy atom. The number of sulfone groups is 1. The van der Waals surface area contributed by atoms with Crippen LogP contribution >= 0.6 is 11.6 Å². The number of rotatable bonds is 10. The lowest BCUT2D eigenvalue weighted by Gasteiger charge is -2.47. The number of nitrogens with one attached hydrogen (secondary N) is 1. The van der Waals surface area contributed by atoms with E-state index >= 15 is 0 Å². The summed E-state index contributed by atoms with van der Waals surface area (Å²) in [5, 5.41) is 14.7. The predicted molar refractivity (Wildman–Crippen MR) is 214 cm³/mol. The van der Waals surface area contributed by atoms with Gasteiger partial charge < -0.3 is 24.6 Å². The fourth-order valence-corrected chi connectivity index (χ4v) is 11.7. The lowest BCUT2D eigenvalue weighted by atomic mass is 9.59. The third-order valence-corrected chi connectivity index (χ3v) is 15.1. The molecule has 2 fully saturated rings. The van der Waals surface area contributed by atoms with Gasteiger partial charge >= 0.3 is 5.97 Å². The predicted octanol–water partition coefficient (Wildman–Crippen LogP) is 7.46. The number of carbonyl (C=O) groups is 1. The van der Waals surface area contributed by atoms with Crippen molar-refractivity contribution in [3.05, 3.63) is 76.1 Å². The Hall–Kier alpha value is -3.54. The van der Waals surface area contributed by atoms with Crippen LogP contribution in [-0.4, -0.2) is 85.4 Å². The number of aryl methyl sites for hydroxylation is 1. The summed E-state index contributed by atoms with van der Waals surface area (Å²) in [6, 6.07) is 13.7. The van der Waals surface area contributed by atoms with Crippen molar-refractivity contribution < 1.29 is 32.5 Å². The first-order valence-corrected chi connectivity index (χ1v) is 22.4. The van der Waals surface area contributed by atoms with Crippen LogP contribution in [0, 0.1) is 11.8 Å². The number of aromatic nitrogens is 1. The molecule has 0 amide bonds. The molecule has 1 saturated carbocycles. The van der Waals surface area contributed by atoms with Crippen molar-refractivity contribution in [1.82, 2.24) is 9.88 Å². The van der Waals surface area contributed by atoms with Crippen molar-refractivity contribution in [3.8, 4) is 17.2 Å². The van der Waals surface area contributed by atoms with E-state index in [1.54, 1.807) is 12.1 Å². The van der Waals surface area contributed by atoms with Crippen LogP contribution in [-0.2, 0) is 32.9 Å². The van der Waals surface area contributed by atoms with Gasteiger partial charge in [-0.1, -0.05) is 31.5 Å². The molecule has 1 spiro atoms. The fraction of sp³-hybridized carbons (Fsp3) is 0.581. The van der Waals surface area contributed by atoms with Crippen molar-refractivity contribution in [3.63, 3.8) is 0 Å². The first kappa shape index (κ1) is 38.3. The third kappa shape index (κ3) is 7.90. The maximum atomic E-state index is 13.1. The summed E-state index contributed by atoms with van der Waals surface area (Å²) in [5.74, 6) is 2.94. The summed E-state index contributed by atoms with van der Waals surface area (Å²) < 4.78 is 43.8. The molecule has 4 atom stereocenters. The van der Waals surface area contributed by atoms with E-state index < -0.39 is 21.3 Å². The monoisotopic (exact) mass is 791 g/mol. The van der Waals surface area contributed by atoms with Gasteiger partial charge in [0.15, 0.2) is 21.3 Å². The van der Waals surface area contributed by atoms with Gasteiger partial charge in [-0.15, -0.1) is 0 Å². The number of aliphatic carboxylic acids is 1. The zero-order chi connectivity index (χ0) is 38.4. The fourth-order valence-electron chi connectivity index (χ4n) is 10.2. The van der Waals surface area contributed by atoms with Crippen LogP contribution in [0.25, 0.3) is 0 Å². The molecule has 2 aromatic carbocycles. The second-order valence-corrected chi connectivity index (χ2v) is 19.7. The Kier molecular flexibility index (Phi) is 10.8. The van der Waals surface area contributed by atoms with Gasteiger partial charge in [-0.05, 0) is 128 Å². The number of hydrogen-bond acceptors (Lipinski definition) is 9. The lowest BCUT2D eigenvalue weighted by molar-refractivity contribution is -0.144. The molecule has 1 aromatic heterocycles. The van der Waals surface area contributed by atoms with E-state index in [4.69, 9.17) is 25.8 Å². The molecule has 2 N–H and O–H groups in total. The number of benzene rings is 2. The van der Waals surface area contributed by atoms with E-state index in [9.17, 15) is 18.3 Å². The number of nitrogens with zero attached hydrogens (tertiary/aromatic N) is 2. The van der Waals surface area contributed by atoms with Gasteiger partial charge in [0.1, 0.15) is 17.4 Å². The SMILES string of the molecule is C[C@@H](COc1ccnc2c1[C@H](C)CCC2)C[C@H]1Cc2cc3c(cc2C12CCC(Nc1cccc(Cl)c1)(C(=O)O)CC2)O[C@@H](CN1CCS(=O)(=O)CC1)CCO3. The molecule has 0 unspecified atom stereocenters. The molecule has 2 aliphatic heterocycles. The van der Waals surface area contributed by atoms with Gasteiger partial charge in [-0.3, -0.25) is 9.88 Å². The van der Waals surface area contributed by atoms with E-state index in [1.165, 1.54) is 22.4 Å². The number of carboxylic acid groups (broad SMARTS) is 1. The molecule has 296 valence electrons. The zero-order valence-corrected chi connectivity index (χ0v) is 33.6. The van der Waals surface area contributed by atoms with Crippen LogP contribution in [0.1, 0.15) is 93.5 Å². The van der Waals surface area contributed by atoms with Crippen LogP contribution in [0.3, 0.4) is 0 Å². The van der Waals surface area contributed by atoms with Gasteiger partial charge in [0.25, 0.3) is 0 Å². The molecular weight excluding hydrogens is 738 g/mol. The van der Waals surface area contributed by atoms with Crippen molar-refractivity contribution in [2.24, 2.45) is 11.8 Å². The van der Waals surface area contributed by atoms with Crippen LogP contribution in [0.15, 0.2) is 48.7 Å². The Labute approximate surface area is 330 Å². The van der Waals surface area contributed by atoms with E-state index in [1.807, 2.05) is 24.4 Å². The molecule has 1 saturated heterocycles. The summed E-state index contributed by atoms with van der Waals surface area (Å²) in [5.41, 5.74) is 4.28. The van der Waals surface area contributed by atoms with Gasteiger partial charge in [0, 0.05) is 54.2 Å². The number of halogens is 1. The van der Waals surface area contributed by atoms with Crippen LogP contribution in [0.2, 0.25) is 5.02 Å². The van der Waals surface area contributed by atoms with Gasteiger partial charge in [0.05, 0.1) is 24.7 Å². The number of fused-ring (bicyclic) bond motifs is 4. The molecule has 10 nitrogen and oxygen atoms in total. The van der Waals surface area contributed by atoms with Crippen LogP contribution in [0.5, 0.6) is 17.2 Å². The molecular formula is C43H54ClN3O7S. The number of ether oxygens (including phenoxy) is 3. The highest BCUT2D eigenvalue weighted by Gasteiger charge is 2.54. The topological polar surface area (TPSA) is 127 Å². The summed E-state index contributed by atoms with van der Waals surface area (Å²) >= 11 is 6.31. The molecule has 5 aliphatic rings. The second kappa shape index (κ2) is 15.4. The molecule has 3 aliphatic carbocycles. The number of anilines is 1. The van der Waals surface area contributed by atoms with E-state index in [0.29, 0.717) is 81.6 Å². The summed E-state index contributed by atoms with van der Waals surface area (Å²) in [4.78, 5) is 20.0.